The van der Waals surface area contributed by atoms with Gasteiger partial charge in [-0.3, -0.25) is 9.98 Å². The molecule has 0 spiro atoms. The fraction of sp³-hybridized carbons (Fsp3) is 0.278. The molecule has 3 aromatic carbocycles. The minimum atomic E-state index is -1.43. The van der Waals surface area contributed by atoms with Gasteiger partial charge < -0.3 is 20.1 Å². The van der Waals surface area contributed by atoms with Crippen LogP contribution in [0.15, 0.2) is 88.8 Å². The zero-order valence-electron chi connectivity index (χ0n) is 25.5. The molecule has 0 bridgehead atoms. The maximum Gasteiger partial charge on any atom is 1.00 e. The Balaban J connectivity index is 0.000000256. The number of carbonyl (C=O) groups is 1. The van der Waals surface area contributed by atoms with Crippen molar-refractivity contribution in [3.63, 3.8) is 0 Å². The van der Waals surface area contributed by atoms with Crippen molar-refractivity contribution in [3.8, 4) is 11.5 Å². The Bertz CT molecular complexity index is 1580. The minimum absolute atomic E-state index is 0. The van der Waals surface area contributed by atoms with Gasteiger partial charge in [-0.25, -0.2) is 4.98 Å². The SMILES string of the molecule is CC(=Nc1ccccc1C)c1cccc(C(C)=Nc2ccccc2C)n1.O=C([O-])c1c(C2CCCCC2)ccc(O)c1O.[Co+]. The van der Waals surface area contributed by atoms with Gasteiger partial charge in [-0.15, -0.1) is 0 Å². The van der Waals surface area contributed by atoms with Gasteiger partial charge in [0.25, 0.3) is 0 Å². The van der Waals surface area contributed by atoms with Crippen molar-refractivity contribution in [1.82, 2.24) is 4.98 Å². The first-order chi connectivity index (χ1) is 20.7. The third-order valence-electron chi connectivity index (χ3n) is 7.74. The van der Waals surface area contributed by atoms with Crippen LogP contribution in [0.5, 0.6) is 11.5 Å². The van der Waals surface area contributed by atoms with E-state index in [1.807, 2.05) is 68.4 Å². The summed E-state index contributed by atoms with van der Waals surface area (Å²) in [5.41, 5.74) is 8.10. The number of carboxylic acids is 1. The average Bonchev–Trinajstić information content (AvgIpc) is 3.01. The molecule has 230 valence electrons. The smallest absolute Gasteiger partial charge is 0.545 e. The number of aliphatic imine (C=N–C) groups is 2. The van der Waals surface area contributed by atoms with Crippen LogP contribution in [-0.4, -0.2) is 32.6 Å². The van der Waals surface area contributed by atoms with Crippen LogP contribution in [0.3, 0.4) is 0 Å². The number of benzene rings is 3. The molecule has 2 N–H and O–H groups in total. The van der Waals surface area contributed by atoms with E-state index in [1.54, 1.807) is 6.07 Å². The van der Waals surface area contributed by atoms with Gasteiger partial charge in [0.15, 0.2) is 11.5 Å². The Hall–Kier alpha value is -4.27. The van der Waals surface area contributed by atoms with Gasteiger partial charge in [-0.2, -0.15) is 0 Å². The van der Waals surface area contributed by atoms with E-state index in [0.29, 0.717) is 5.56 Å². The molecule has 1 aliphatic carbocycles. The van der Waals surface area contributed by atoms with Crippen LogP contribution in [-0.2, 0) is 16.8 Å². The standard InChI is InChI=1S/C23H23N3.C13H16O4.Co/c1-16-10-5-7-12-20(16)24-18(3)22-14-9-15-23(26-22)19(4)25-21-13-8-6-11-17(21)2;14-10-7-6-9(8-4-2-1-3-5-8)11(12(10)15)13(16)17;/h5-15H,1-4H3;6-8,14-15H,1-5H2,(H,16,17);/q;;+1/p-1. The molecule has 0 amide bonds. The van der Waals surface area contributed by atoms with E-state index in [1.165, 1.54) is 12.5 Å². The molecule has 5 rings (SSSR count). The fourth-order valence-electron chi connectivity index (χ4n) is 5.26. The molecule has 4 aromatic rings. The summed E-state index contributed by atoms with van der Waals surface area (Å²) < 4.78 is 0. The number of rotatable bonds is 6. The van der Waals surface area contributed by atoms with Crippen molar-refractivity contribution in [2.75, 3.05) is 0 Å². The van der Waals surface area contributed by atoms with Gasteiger partial charge in [-0.05, 0) is 93.5 Å². The van der Waals surface area contributed by atoms with Crippen LogP contribution in [0.1, 0.15) is 90.3 Å². The fourth-order valence-corrected chi connectivity index (χ4v) is 5.26. The summed E-state index contributed by atoms with van der Waals surface area (Å²) in [5.74, 6) is -2.28. The zero-order valence-corrected chi connectivity index (χ0v) is 26.5. The maximum atomic E-state index is 11.1. The summed E-state index contributed by atoms with van der Waals surface area (Å²) >= 11 is 0. The van der Waals surface area contributed by atoms with E-state index in [4.69, 9.17) is 15.0 Å². The van der Waals surface area contributed by atoms with Gasteiger partial charge in [0, 0.05) is 5.56 Å². The Morgan fingerprint density at radius 1 is 0.750 bits per heavy atom. The molecule has 44 heavy (non-hydrogen) atoms. The quantitative estimate of drug-likeness (QED) is 0.168. The summed E-state index contributed by atoms with van der Waals surface area (Å²) in [5, 5.41) is 30.0. The van der Waals surface area contributed by atoms with Gasteiger partial charge in [0.05, 0.1) is 40.2 Å². The summed E-state index contributed by atoms with van der Waals surface area (Å²) in [6, 6.07) is 25.1. The van der Waals surface area contributed by atoms with Crippen molar-refractivity contribution in [1.29, 1.82) is 0 Å². The number of para-hydroxylation sites is 2. The van der Waals surface area contributed by atoms with Crippen LogP contribution >= 0.6 is 0 Å². The number of phenolic OH excluding ortho intramolecular Hbond substituents is 1. The molecule has 1 aliphatic rings. The molecular weight excluding hydrogens is 597 g/mol. The second-order valence-corrected chi connectivity index (χ2v) is 10.9. The molecule has 1 aromatic heterocycles. The molecule has 7 nitrogen and oxygen atoms in total. The summed E-state index contributed by atoms with van der Waals surface area (Å²) in [6.07, 6.45) is 5.15. The zero-order chi connectivity index (χ0) is 30.9. The first-order valence-corrected chi connectivity index (χ1v) is 14.6. The number of nitrogens with zero attached hydrogens (tertiary/aromatic N) is 3. The number of pyridine rings is 1. The number of aromatic hydroxyl groups is 2. The molecule has 8 heteroatoms. The van der Waals surface area contributed by atoms with E-state index >= 15 is 0 Å². The van der Waals surface area contributed by atoms with Gasteiger partial charge in [-0.1, -0.05) is 67.8 Å². The number of aromatic nitrogens is 1. The molecule has 0 aliphatic heterocycles. The van der Waals surface area contributed by atoms with Crippen LogP contribution in [0.25, 0.3) is 0 Å². The third kappa shape index (κ3) is 8.64. The Morgan fingerprint density at radius 2 is 1.25 bits per heavy atom. The van der Waals surface area contributed by atoms with E-state index in [9.17, 15) is 20.1 Å². The van der Waals surface area contributed by atoms with Gasteiger partial charge in [0.1, 0.15) is 0 Å². The van der Waals surface area contributed by atoms with Gasteiger partial charge >= 0.3 is 16.8 Å². The number of aryl methyl sites for hydroxylation is 2. The van der Waals surface area contributed by atoms with Crippen molar-refractivity contribution >= 4 is 28.8 Å². The summed E-state index contributed by atoms with van der Waals surface area (Å²) in [4.78, 5) is 25.3. The Labute approximate surface area is 269 Å². The molecule has 1 fully saturated rings. The molecule has 1 heterocycles. The molecule has 0 atom stereocenters. The largest absolute Gasteiger partial charge is 1.00 e. The predicted octanol–water partition coefficient (Wildman–Crippen LogP) is 7.49. The molecular formula is C36H38CoN3O4. The van der Waals surface area contributed by atoms with E-state index < -0.39 is 17.5 Å². The van der Waals surface area contributed by atoms with E-state index in [0.717, 1.165) is 71.0 Å². The first kappa shape index (κ1) is 34.2. The second-order valence-electron chi connectivity index (χ2n) is 10.9. The van der Waals surface area contributed by atoms with Crippen molar-refractivity contribution in [2.24, 2.45) is 9.98 Å². The average molecular weight is 636 g/mol. The minimum Gasteiger partial charge on any atom is -0.545 e. The maximum absolute atomic E-state index is 11.1. The second kappa shape index (κ2) is 16.0. The summed E-state index contributed by atoms with van der Waals surface area (Å²) in [7, 11) is 0. The number of carbonyl (C=O) groups excluding carboxylic acids is 1. The third-order valence-corrected chi connectivity index (χ3v) is 7.74. The van der Waals surface area contributed by atoms with E-state index in [-0.39, 0.29) is 28.3 Å². The summed E-state index contributed by atoms with van der Waals surface area (Å²) in [6.45, 7) is 8.11. The molecule has 0 unspecified atom stereocenters. The van der Waals surface area contributed by atoms with Crippen molar-refractivity contribution < 1.29 is 36.9 Å². The molecule has 0 radical (unpaired) electrons. The number of hydrogen-bond acceptors (Lipinski definition) is 7. The Morgan fingerprint density at radius 3 is 1.73 bits per heavy atom. The van der Waals surface area contributed by atoms with Crippen LogP contribution < -0.4 is 5.11 Å². The number of aromatic carboxylic acids is 1. The predicted molar refractivity (Wildman–Crippen MR) is 170 cm³/mol. The van der Waals surface area contributed by atoms with Crippen LogP contribution in [0.4, 0.5) is 11.4 Å². The van der Waals surface area contributed by atoms with Crippen LogP contribution in [0.2, 0.25) is 0 Å². The topological polar surface area (TPSA) is 118 Å². The number of carboxylic acid groups (broad SMARTS) is 1. The normalized spacial score (nSPS) is 13.8. The monoisotopic (exact) mass is 635 g/mol. The van der Waals surface area contributed by atoms with Crippen molar-refractivity contribution in [2.45, 2.75) is 65.7 Å². The number of phenols is 2. The molecule has 1 saturated carbocycles. The van der Waals surface area contributed by atoms with Crippen LogP contribution in [0, 0.1) is 13.8 Å². The first-order valence-electron chi connectivity index (χ1n) is 14.6. The Kier molecular flexibility index (Phi) is 12.4. The van der Waals surface area contributed by atoms with Crippen molar-refractivity contribution in [3.05, 3.63) is 113 Å². The number of hydrogen-bond donors (Lipinski definition) is 2. The van der Waals surface area contributed by atoms with Gasteiger partial charge in [0.2, 0.25) is 0 Å². The van der Waals surface area contributed by atoms with E-state index in [2.05, 4.69) is 26.0 Å². The molecule has 0 saturated heterocycles.